The van der Waals surface area contributed by atoms with Crippen LogP contribution < -0.4 is 4.74 Å². The summed E-state index contributed by atoms with van der Waals surface area (Å²) in [6.07, 6.45) is 3.33. The first-order valence-electron chi connectivity index (χ1n) is 11.1. The molecule has 1 N–H and O–H groups in total. The Morgan fingerprint density at radius 2 is 1.59 bits per heavy atom. The average molecular weight is 457 g/mol. The van der Waals surface area contributed by atoms with Crippen molar-refractivity contribution in [2.75, 3.05) is 33.3 Å². The first-order valence-corrected chi connectivity index (χ1v) is 11.1. The summed E-state index contributed by atoms with van der Waals surface area (Å²) in [6.45, 7) is 4.52. The summed E-state index contributed by atoms with van der Waals surface area (Å²) in [5, 5.41) is 7.12. The summed E-state index contributed by atoms with van der Waals surface area (Å²) in [4.78, 5) is 26.3. The van der Waals surface area contributed by atoms with Crippen molar-refractivity contribution in [2.45, 2.75) is 57.2 Å². The van der Waals surface area contributed by atoms with Crippen LogP contribution in [0.15, 0.2) is 24.3 Å². The fourth-order valence-corrected chi connectivity index (χ4v) is 4.97. The lowest BCUT2D eigenvalue weighted by molar-refractivity contribution is -0.192. The Labute approximate surface area is 186 Å². The molecule has 0 bridgehead atoms. The number of nitrogens with zero attached hydrogens (tertiary/aromatic N) is 2. The van der Waals surface area contributed by atoms with E-state index >= 15 is 0 Å². The number of alkyl halides is 3. The number of piperidine rings is 1. The number of rotatable bonds is 4. The van der Waals surface area contributed by atoms with Crippen LogP contribution in [0.3, 0.4) is 0 Å². The van der Waals surface area contributed by atoms with Crippen LogP contribution in [0.5, 0.6) is 5.75 Å². The lowest BCUT2D eigenvalue weighted by Gasteiger charge is -2.54. The fraction of sp³-hybridized carbons (Fsp3) is 0.652. The van der Waals surface area contributed by atoms with Gasteiger partial charge in [0.1, 0.15) is 5.75 Å². The Hall–Kier alpha value is -2.29. The Bertz CT molecular complexity index is 775. The molecule has 4 rings (SSSR count). The van der Waals surface area contributed by atoms with Gasteiger partial charge in [0.25, 0.3) is 0 Å². The molecular formula is C23H31F3N2O4. The minimum absolute atomic E-state index is 0.274. The summed E-state index contributed by atoms with van der Waals surface area (Å²) >= 11 is 0. The third-order valence-corrected chi connectivity index (χ3v) is 6.93. The van der Waals surface area contributed by atoms with Gasteiger partial charge < -0.3 is 19.6 Å². The maximum absolute atomic E-state index is 12.6. The van der Waals surface area contributed by atoms with E-state index in [-0.39, 0.29) is 5.91 Å². The molecule has 1 amide bonds. The van der Waals surface area contributed by atoms with Crippen molar-refractivity contribution in [1.82, 2.24) is 9.80 Å². The summed E-state index contributed by atoms with van der Waals surface area (Å²) in [5.41, 5.74) is 1.62. The van der Waals surface area contributed by atoms with Gasteiger partial charge in [-0.1, -0.05) is 12.1 Å². The van der Waals surface area contributed by atoms with Gasteiger partial charge in [0, 0.05) is 19.1 Å². The highest BCUT2D eigenvalue weighted by atomic mass is 19.4. The van der Waals surface area contributed by atoms with Crippen molar-refractivity contribution in [3.05, 3.63) is 29.8 Å². The monoisotopic (exact) mass is 456 g/mol. The summed E-state index contributed by atoms with van der Waals surface area (Å²) in [7, 11) is 1.67. The predicted octanol–water partition coefficient (Wildman–Crippen LogP) is 3.74. The molecule has 2 aliphatic heterocycles. The van der Waals surface area contributed by atoms with Crippen molar-refractivity contribution in [3.63, 3.8) is 0 Å². The van der Waals surface area contributed by atoms with Crippen molar-refractivity contribution in [2.24, 2.45) is 5.41 Å². The Morgan fingerprint density at radius 3 is 2.06 bits per heavy atom. The smallest absolute Gasteiger partial charge is 0.490 e. The molecule has 178 valence electrons. The molecule has 9 heteroatoms. The van der Waals surface area contributed by atoms with Crippen LogP contribution in [0.1, 0.15) is 44.1 Å². The van der Waals surface area contributed by atoms with Gasteiger partial charge in [-0.25, -0.2) is 4.79 Å². The van der Waals surface area contributed by atoms with Crippen LogP contribution in [0, 0.1) is 5.41 Å². The van der Waals surface area contributed by atoms with Gasteiger partial charge in [0.2, 0.25) is 5.91 Å². The van der Waals surface area contributed by atoms with Crippen LogP contribution >= 0.6 is 0 Å². The van der Waals surface area contributed by atoms with Crippen molar-refractivity contribution in [1.29, 1.82) is 0 Å². The zero-order valence-corrected chi connectivity index (χ0v) is 18.4. The fourth-order valence-electron chi connectivity index (χ4n) is 4.97. The minimum Gasteiger partial charge on any atom is -0.497 e. The second-order valence-electron chi connectivity index (χ2n) is 9.01. The Balaban J connectivity index is 0.000000360. The van der Waals surface area contributed by atoms with E-state index in [1.165, 1.54) is 51.6 Å². The number of carboxylic acids is 1. The molecule has 6 nitrogen and oxygen atoms in total. The number of aliphatic carboxylic acids is 1. The molecule has 1 spiro atoms. The van der Waals surface area contributed by atoms with E-state index in [0.717, 1.165) is 30.4 Å². The number of hydrogen-bond acceptors (Lipinski definition) is 4. The van der Waals surface area contributed by atoms with E-state index in [2.05, 4.69) is 9.80 Å². The highest BCUT2D eigenvalue weighted by molar-refractivity contribution is 5.79. The van der Waals surface area contributed by atoms with E-state index in [4.69, 9.17) is 14.6 Å². The molecule has 3 aliphatic rings. The van der Waals surface area contributed by atoms with Crippen molar-refractivity contribution in [3.8, 4) is 5.75 Å². The largest absolute Gasteiger partial charge is 0.497 e. The van der Waals surface area contributed by atoms with E-state index in [1.54, 1.807) is 7.11 Å². The number of methoxy groups -OCH3 is 1. The summed E-state index contributed by atoms with van der Waals surface area (Å²) < 4.78 is 36.9. The number of halogens is 3. The van der Waals surface area contributed by atoms with Crippen LogP contribution in [0.2, 0.25) is 0 Å². The van der Waals surface area contributed by atoms with E-state index < -0.39 is 12.1 Å². The number of likely N-dealkylation sites (tertiary alicyclic amines) is 2. The zero-order valence-electron chi connectivity index (χ0n) is 18.4. The molecule has 1 aliphatic carbocycles. The summed E-state index contributed by atoms with van der Waals surface area (Å²) in [6, 6.07) is 8.69. The third kappa shape index (κ3) is 6.15. The van der Waals surface area contributed by atoms with Crippen LogP contribution in [-0.2, 0) is 16.0 Å². The van der Waals surface area contributed by atoms with Crippen LogP contribution in [0.4, 0.5) is 13.2 Å². The van der Waals surface area contributed by atoms with Crippen LogP contribution in [0.25, 0.3) is 0 Å². The average Bonchev–Trinajstić information content (AvgIpc) is 3.27. The van der Waals surface area contributed by atoms with Gasteiger partial charge in [-0.05, 0) is 74.7 Å². The summed E-state index contributed by atoms with van der Waals surface area (Å²) in [5.74, 6) is -1.64. The molecule has 0 aromatic heterocycles. The highest BCUT2D eigenvalue weighted by Crippen LogP contribution is 2.51. The molecule has 1 aromatic rings. The van der Waals surface area contributed by atoms with Gasteiger partial charge in [0.05, 0.1) is 13.5 Å². The molecule has 0 atom stereocenters. The van der Waals surface area contributed by atoms with Crippen molar-refractivity contribution >= 4 is 11.9 Å². The molecule has 2 saturated heterocycles. The lowest BCUT2D eigenvalue weighted by Crippen LogP contribution is -2.55. The number of carboxylic acid groups (broad SMARTS) is 1. The molecular weight excluding hydrogens is 425 g/mol. The first kappa shape index (κ1) is 24.4. The number of carbonyl (C=O) groups excluding carboxylic acids is 1. The molecule has 1 saturated carbocycles. The topological polar surface area (TPSA) is 70.1 Å². The molecule has 1 aromatic carbocycles. The first-order chi connectivity index (χ1) is 15.1. The standard InChI is InChI=1S/C21H30N2O2.C2HF3O2/c1-25-19-6-4-17(5-7-19)14-20(24)23-12-8-21(9-13-23)15-18(16-21)22-10-2-3-11-22;3-2(4,5)1(6)7/h4-7,18H,2-3,8-16H2,1H3;(H,6,7). The molecule has 32 heavy (non-hydrogen) atoms. The Morgan fingerprint density at radius 1 is 1.06 bits per heavy atom. The Kier molecular flexibility index (Phi) is 7.69. The number of benzene rings is 1. The maximum atomic E-state index is 12.6. The van der Waals surface area contributed by atoms with Gasteiger partial charge in [-0.3, -0.25) is 4.79 Å². The minimum atomic E-state index is -5.08. The number of hydrogen-bond donors (Lipinski definition) is 1. The maximum Gasteiger partial charge on any atom is 0.490 e. The normalized spacial score (nSPS) is 20.9. The SMILES string of the molecule is COc1ccc(CC(=O)N2CCC3(CC2)CC(N2CCCC2)C3)cc1.O=C(O)C(F)(F)F. The second-order valence-corrected chi connectivity index (χ2v) is 9.01. The third-order valence-electron chi connectivity index (χ3n) is 6.93. The number of carbonyl (C=O) groups is 2. The second kappa shape index (κ2) is 10.1. The van der Waals surface area contributed by atoms with E-state index in [0.29, 0.717) is 11.8 Å². The predicted molar refractivity (Wildman–Crippen MR) is 112 cm³/mol. The number of ether oxygens (including phenoxy) is 1. The highest BCUT2D eigenvalue weighted by Gasteiger charge is 2.48. The molecule has 2 heterocycles. The van der Waals surface area contributed by atoms with E-state index in [1.807, 2.05) is 24.3 Å². The van der Waals surface area contributed by atoms with Gasteiger partial charge >= 0.3 is 12.1 Å². The lowest BCUT2D eigenvalue weighted by atomic mass is 9.60. The van der Waals surface area contributed by atoms with Gasteiger partial charge in [0.15, 0.2) is 0 Å². The zero-order chi connectivity index (χ0) is 23.4. The molecule has 3 fully saturated rings. The van der Waals surface area contributed by atoms with Gasteiger partial charge in [-0.15, -0.1) is 0 Å². The van der Waals surface area contributed by atoms with E-state index in [9.17, 15) is 18.0 Å². The quantitative estimate of drug-likeness (QED) is 0.748. The van der Waals surface area contributed by atoms with Crippen molar-refractivity contribution < 1.29 is 32.6 Å². The van der Waals surface area contributed by atoms with Gasteiger partial charge in [-0.2, -0.15) is 13.2 Å². The molecule has 0 radical (unpaired) electrons. The van der Waals surface area contributed by atoms with Crippen LogP contribution in [-0.4, -0.2) is 72.3 Å². The number of amides is 1. The molecule has 0 unspecified atom stereocenters.